The average molecular weight is 416 g/mol. The summed E-state index contributed by atoms with van der Waals surface area (Å²) >= 11 is 0. The number of benzene rings is 2. The first-order valence-corrected chi connectivity index (χ1v) is 9.81. The van der Waals surface area contributed by atoms with Crippen molar-refractivity contribution < 1.29 is 23.5 Å². The SMILES string of the molecule is CCOC(=O)c1ccc(-c2ccc(/C=C3/NC(=O)N(Cc4ccccc4)C3=O)o2)cc1. The van der Waals surface area contributed by atoms with Crippen LogP contribution < -0.4 is 5.32 Å². The molecule has 0 bridgehead atoms. The van der Waals surface area contributed by atoms with Gasteiger partial charge in [-0.25, -0.2) is 9.59 Å². The second kappa shape index (κ2) is 8.71. The summed E-state index contributed by atoms with van der Waals surface area (Å²) < 4.78 is 10.8. The van der Waals surface area contributed by atoms with Crippen LogP contribution >= 0.6 is 0 Å². The minimum atomic E-state index is -0.471. The maximum atomic E-state index is 12.6. The number of imide groups is 1. The van der Waals surface area contributed by atoms with Crippen molar-refractivity contribution in [3.05, 3.63) is 89.3 Å². The van der Waals surface area contributed by atoms with Gasteiger partial charge in [-0.1, -0.05) is 42.5 Å². The zero-order valence-electron chi connectivity index (χ0n) is 16.8. The minimum absolute atomic E-state index is 0.152. The Morgan fingerprint density at radius 3 is 2.48 bits per heavy atom. The summed E-state index contributed by atoms with van der Waals surface area (Å²) in [5, 5.41) is 2.59. The van der Waals surface area contributed by atoms with Crippen LogP contribution in [0.2, 0.25) is 0 Å². The van der Waals surface area contributed by atoms with Gasteiger partial charge in [0.05, 0.1) is 18.7 Å². The van der Waals surface area contributed by atoms with Crippen molar-refractivity contribution in [2.24, 2.45) is 0 Å². The summed E-state index contributed by atoms with van der Waals surface area (Å²) in [6.07, 6.45) is 1.50. The molecule has 1 aliphatic rings. The van der Waals surface area contributed by atoms with E-state index in [0.717, 1.165) is 16.0 Å². The van der Waals surface area contributed by atoms with Gasteiger partial charge in [-0.05, 0) is 36.8 Å². The Morgan fingerprint density at radius 2 is 1.77 bits per heavy atom. The van der Waals surface area contributed by atoms with E-state index in [0.29, 0.717) is 23.7 Å². The molecule has 2 aromatic carbocycles. The van der Waals surface area contributed by atoms with Crippen molar-refractivity contribution >= 4 is 24.0 Å². The number of nitrogens with one attached hydrogen (secondary N) is 1. The second-order valence-electron chi connectivity index (χ2n) is 6.86. The highest BCUT2D eigenvalue weighted by atomic mass is 16.5. The zero-order chi connectivity index (χ0) is 21.8. The van der Waals surface area contributed by atoms with Crippen molar-refractivity contribution in [3.63, 3.8) is 0 Å². The van der Waals surface area contributed by atoms with Crippen molar-refractivity contribution in [3.8, 4) is 11.3 Å². The van der Waals surface area contributed by atoms with E-state index in [-0.39, 0.29) is 18.2 Å². The van der Waals surface area contributed by atoms with E-state index in [4.69, 9.17) is 9.15 Å². The molecule has 2 heterocycles. The molecule has 0 unspecified atom stereocenters. The lowest BCUT2D eigenvalue weighted by molar-refractivity contribution is -0.123. The molecule has 156 valence electrons. The molecule has 1 fully saturated rings. The number of carbonyl (C=O) groups excluding carboxylic acids is 3. The number of esters is 1. The van der Waals surface area contributed by atoms with E-state index in [1.54, 1.807) is 43.3 Å². The van der Waals surface area contributed by atoms with Crippen LogP contribution in [-0.2, 0) is 16.1 Å². The van der Waals surface area contributed by atoms with Gasteiger partial charge < -0.3 is 14.5 Å². The molecular formula is C24H20N2O5. The molecule has 7 heteroatoms. The number of nitrogens with zero attached hydrogens (tertiary/aromatic N) is 1. The number of hydrogen-bond acceptors (Lipinski definition) is 5. The van der Waals surface area contributed by atoms with Crippen LogP contribution in [0.1, 0.15) is 28.6 Å². The van der Waals surface area contributed by atoms with Gasteiger partial charge in [-0.2, -0.15) is 0 Å². The number of ether oxygens (including phenoxy) is 1. The highest BCUT2D eigenvalue weighted by molar-refractivity contribution is 6.13. The Hall–Kier alpha value is -4.13. The van der Waals surface area contributed by atoms with Crippen LogP contribution in [0.5, 0.6) is 0 Å². The van der Waals surface area contributed by atoms with E-state index < -0.39 is 11.9 Å². The maximum Gasteiger partial charge on any atom is 0.338 e. The molecule has 1 aromatic heterocycles. The van der Waals surface area contributed by atoms with Gasteiger partial charge >= 0.3 is 12.0 Å². The molecule has 0 saturated carbocycles. The molecule has 0 atom stereocenters. The molecule has 4 rings (SSSR count). The highest BCUT2D eigenvalue weighted by Crippen LogP contribution is 2.25. The van der Waals surface area contributed by atoms with Gasteiger partial charge in [0.25, 0.3) is 5.91 Å². The van der Waals surface area contributed by atoms with Gasteiger partial charge in [-0.3, -0.25) is 9.69 Å². The Balaban J connectivity index is 1.48. The minimum Gasteiger partial charge on any atom is -0.462 e. The number of amides is 3. The van der Waals surface area contributed by atoms with Crippen LogP contribution in [0.25, 0.3) is 17.4 Å². The first-order chi connectivity index (χ1) is 15.0. The summed E-state index contributed by atoms with van der Waals surface area (Å²) in [5.41, 5.74) is 2.24. The fourth-order valence-corrected chi connectivity index (χ4v) is 3.19. The van der Waals surface area contributed by atoms with Gasteiger partial charge in [0.1, 0.15) is 17.2 Å². The molecule has 31 heavy (non-hydrogen) atoms. The number of hydrogen-bond donors (Lipinski definition) is 1. The van der Waals surface area contributed by atoms with E-state index in [1.165, 1.54) is 6.08 Å². The molecule has 1 saturated heterocycles. The maximum absolute atomic E-state index is 12.6. The molecular weight excluding hydrogens is 396 g/mol. The van der Waals surface area contributed by atoms with Crippen LogP contribution in [0, 0.1) is 0 Å². The molecule has 0 spiro atoms. The molecule has 1 aliphatic heterocycles. The fourth-order valence-electron chi connectivity index (χ4n) is 3.19. The van der Waals surface area contributed by atoms with Crippen molar-refractivity contribution in [1.82, 2.24) is 10.2 Å². The number of urea groups is 1. The number of furan rings is 1. The highest BCUT2D eigenvalue weighted by Gasteiger charge is 2.33. The van der Waals surface area contributed by atoms with Crippen LogP contribution in [0.4, 0.5) is 4.79 Å². The topological polar surface area (TPSA) is 88.9 Å². The molecule has 0 radical (unpaired) electrons. The lowest BCUT2D eigenvalue weighted by Crippen LogP contribution is -2.30. The standard InChI is InChI=1S/C24H20N2O5/c1-2-30-23(28)18-10-8-17(9-11-18)21-13-12-19(31-21)14-20-22(27)26(24(29)25-20)15-16-6-4-3-5-7-16/h3-14H,2,15H2,1H3,(H,25,29)/b20-14+. The van der Waals surface area contributed by atoms with Crippen molar-refractivity contribution in [2.45, 2.75) is 13.5 Å². The quantitative estimate of drug-likeness (QED) is 0.369. The molecule has 0 aliphatic carbocycles. The van der Waals surface area contributed by atoms with Crippen molar-refractivity contribution in [1.29, 1.82) is 0 Å². The van der Waals surface area contributed by atoms with Crippen LogP contribution in [-0.4, -0.2) is 29.4 Å². The van der Waals surface area contributed by atoms with Gasteiger partial charge in [-0.15, -0.1) is 0 Å². The second-order valence-corrected chi connectivity index (χ2v) is 6.86. The first-order valence-electron chi connectivity index (χ1n) is 9.81. The molecule has 7 nitrogen and oxygen atoms in total. The van der Waals surface area contributed by atoms with Crippen molar-refractivity contribution in [2.75, 3.05) is 6.61 Å². The molecule has 3 amide bonds. The predicted molar refractivity (Wildman–Crippen MR) is 114 cm³/mol. The Kier molecular flexibility index (Phi) is 5.66. The monoisotopic (exact) mass is 416 g/mol. The zero-order valence-corrected chi connectivity index (χ0v) is 16.8. The average Bonchev–Trinajstić information content (AvgIpc) is 3.35. The third kappa shape index (κ3) is 4.40. The van der Waals surface area contributed by atoms with E-state index in [9.17, 15) is 14.4 Å². The number of carbonyl (C=O) groups is 3. The van der Waals surface area contributed by atoms with Crippen LogP contribution in [0.3, 0.4) is 0 Å². The summed E-state index contributed by atoms with van der Waals surface area (Å²) in [7, 11) is 0. The van der Waals surface area contributed by atoms with Gasteiger partial charge in [0.15, 0.2) is 0 Å². The lowest BCUT2D eigenvalue weighted by Gasteiger charge is -2.11. The summed E-state index contributed by atoms with van der Waals surface area (Å²) in [6.45, 7) is 2.26. The Labute approximate surface area is 178 Å². The molecule has 1 N–H and O–H groups in total. The normalized spacial score (nSPS) is 14.7. The van der Waals surface area contributed by atoms with Crippen LogP contribution in [0.15, 0.2) is 76.8 Å². The third-order valence-electron chi connectivity index (χ3n) is 4.74. The Morgan fingerprint density at radius 1 is 1.03 bits per heavy atom. The van der Waals surface area contributed by atoms with E-state index in [1.807, 2.05) is 30.3 Å². The first kappa shape index (κ1) is 20.2. The largest absolute Gasteiger partial charge is 0.462 e. The van der Waals surface area contributed by atoms with Gasteiger partial charge in [0, 0.05) is 11.6 Å². The van der Waals surface area contributed by atoms with E-state index >= 15 is 0 Å². The summed E-state index contributed by atoms with van der Waals surface area (Å²) in [4.78, 5) is 37.8. The number of rotatable bonds is 6. The molecule has 3 aromatic rings. The predicted octanol–water partition coefficient (Wildman–Crippen LogP) is 4.22. The smallest absolute Gasteiger partial charge is 0.338 e. The fraction of sp³-hybridized carbons (Fsp3) is 0.125. The lowest BCUT2D eigenvalue weighted by atomic mass is 10.1. The van der Waals surface area contributed by atoms with E-state index in [2.05, 4.69) is 5.32 Å². The Bertz CT molecular complexity index is 1150. The third-order valence-corrected chi connectivity index (χ3v) is 4.74. The summed E-state index contributed by atoms with van der Waals surface area (Å²) in [6, 6.07) is 19.1. The van der Waals surface area contributed by atoms with Gasteiger partial charge in [0.2, 0.25) is 0 Å². The summed E-state index contributed by atoms with van der Waals surface area (Å²) in [5.74, 6) is 0.204.